The third-order valence-electron chi connectivity index (χ3n) is 1.03. The van der Waals surface area contributed by atoms with E-state index >= 15 is 0 Å². The summed E-state index contributed by atoms with van der Waals surface area (Å²) in [5, 5.41) is 9.97. The van der Waals surface area contributed by atoms with Crippen LogP contribution in [0.4, 0.5) is 4.79 Å². The summed E-state index contributed by atoms with van der Waals surface area (Å²) in [4.78, 5) is 9.97. The Bertz CT molecular complexity index is 277. The minimum absolute atomic E-state index is 0. The summed E-state index contributed by atoms with van der Waals surface area (Å²) in [5.41, 5.74) is 0. The zero-order chi connectivity index (χ0) is 8.27. The van der Waals surface area contributed by atoms with Crippen molar-refractivity contribution in [1.29, 1.82) is 0 Å². The topological polar surface area (TPSA) is 49.4 Å². The Labute approximate surface area is 100 Å². The van der Waals surface area contributed by atoms with Crippen LogP contribution >= 0.6 is 15.9 Å². The van der Waals surface area contributed by atoms with Gasteiger partial charge in [0.25, 0.3) is 6.16 Å². The number of hydrogen-bond donors (Lipinski definition) is 0. The van der Waals surface area contributed by atoms with E-state index in [0.717, 1.165) is 0 Å². The molecule has 0 heterocycles. The van der Waals surface area contributed by atoms with Crippen LogP contribution in [-0.2, 0) is 0 Å². The fourth-order valence-corrected chi connectivity index (χ4v) is 0.983. The summed E-state index contributed by atoms with van der Waals surface area (Å²) in [6, 6.07) is 6.63. The van der Waals surface area contributed by atoms with E-state index in [4.69, 9.17) is 0 Å². The first-order valence-corrected chi connectivity index (χ1v) is 3.63. The molecule has 58 valence electrons. The van der Waals surface area contributed by atoms with Gasteiger partial charge >= 0.3 is 29.6 Å². The van der Waals surface area contributed by atoms with Crippen molar-refractivity contribution in [3.8, 4) is 5.75 Å². The Morgan fingerprint density at radius 3 is 2.50 bits per heavy atom. The van der Waals surface area contributed by atoms with Gasteiger partial charge in [-0.25, -0.2) is 0 Å². The molecule has 0 radical (unpaired) electrons. The maximum absolute atomic E-state index is 9.97. The van der Waals surface area contributed by atoms with Gasteiger partial charge in [-0.3, -0.25) is 0 Å². The maximum Gasteiger partial charge on any atom is 1.00 e. The molecule has 0 fully saturated rings. The molecule has 0 aliphatic heterocycles. The van der Waals surface area contributed by atoms with Crippen LogP contribution in [0.25, 0.3) is 0 Å². The number of benzene rings is 1. The number of carbonyl (C=O) groups is 1. The zero-order valence-corrected chi connectivity index (χ0v) is 10.00. The molecule has 0 atom stereocenters. The standard InChI is InChI=1S/C7H5BrO3.Na/c8-5-3-1-2-4-6(5)11-7(9)10;/h1-4H,(H,9,10);/q;+1/p-1. The van der Waals surface area contributed by atoms with Gasteiger partial charge in [0, 0.05) is 4.47 Å². The van der Waals surface area contributed by atoms with E-state index in [2.05, 4.69) is 20.7 Å². The van der Waals surface area contributed by atoms with Crippen LogP contribution in [-0.4, -0.2) is 6.16 Å². The molecule has 1 aromatic carbocycles. The van der Waals surface area contributed by atoms with E-state index in [9.17, 15) is 9.90 Å². The predicted molar refractivity (Wildman–Crippen MR) is 40.2 cm³/mol. The molecule has 1 rings (SSSR count). The largest absolute Gasteiger partial charge is 1.00 e. The van der Waals surface area contributed by atoms with E-state index < -0.39 is 6.16 Å². The summed E-state index contributed by atoms with van der Waals surface area (Å²) in [6.07, 6.45) is -1.56. The van der Waals surface area contributed by atoms with Crippen LogP contribution < -0.4 is 39.4 Å². The fraction of sp³-hybridized carbons (Fsp3) is 0. The average molecular weight is 239 g/mol. The van der Waals surface area contributed by atoms with Crippen LogP contribution in [0, 0.1) is 0 Å². The number of halogens is 1. The normalized spacial score (nSPS) is 8.42. The van der Waals surface area contributed by atoms with Gasteiger partial charge in [-0.05, 0) is 28.1 Å². The molecule has 12 heavy (non-hydrogen) atoms. The predicted octanol–water partition coefficient (Wildman–Crippen LogP) is -1.82. The van der Waals surface area contributed by atoms with Crippen molar-refractivity contribution in [3.05, 3.63) is 28.7 Å². The van der Waals surface area contributed by atoms with Gasteiger partial charge in [0.2, 0.25) is 0 Å². The summed E-state index contributed by atoms with van der Waals surface area (Å²) in [6.45, 7) is 0. The molecule has 0 bridgehead atoms. The van der Waals surface area contributed by atoms with E-state index in [1.165, 1.54) is 6.07 Å². The zero-order valence-electron chi connectivity index (χ0n) is 6.41. The number of para-hydroxylation sites is 1. The van der Waals surface area contributed by atoms with E-state index in [0.29, 0.717) is 4.47 Å². The van der Waals surface area contributed by atoms with Crippen molar-refractivity contribution in [2.75, 3.05) is 0 Å². The molecule has 3 nitrogen and oxygen atoms in total. The van der Waals surface area contributed by atoms with Crippen LogP contribution in [0.15, 0.2) is 28.7 Å². The molecule has 0 N–H and O–H groups in total. The second kappa shape index (κ2) is 5.59. The first kappa shape index (κ1) is 12.0. The molecule has 0 aliphatic rings. The smallest absolute Gasteiger partial charge is 0.513 e. The Hall–Kier alpha value is -0.0300. The van der Waals surface area contributed by atoms with Crippen molar-refractivity contribution < 1.29 is 44.2 Å². The summed E-state index contributed by atoms with van der Waals surface area (Å²) in [7, 11) is 0. The molecule has 0 saturated heterocycles. The summed E-state index contributed by atoms with van der Waals surface area (Å²) in [5.74, 6) is 0.243. The van der Waals surface area contributed by atoms with E-state index in [1.807, 2.05) is 0 Å². The molecule has 0 spiro atoms. The van der Waals surface area contributed by atoms with Crippen LogP contribution in [0.5, 0.6) is 5.75 Å². The molecular formula is C7H4BrNaO3. The van der Waals surface area contributed by atoms with E-state index in [-0.39, 0.29) is 35.3 Å². The Kier molecular flexibility index (Phi) is 5.57. The number of ether oxygens (including phenoxy) is 1. The van der Waals surface area contributed by atoms with Gasteiger partial charge < -0.3 is 14.6 Å². The van der Waals surface area contributed by atoms with Crippen LogP contribution in [0.2, 0.25) is 0 Å². The molecule has 0 amide bonds. The van der Waals surface area contributed by atoms with Crippen molar-refractivity contribution in [1.82, 2.24) is 0 Å². The number of carbonyl (C=O) groups excluding carboxylic acids is 1. The number of carboxylic acid groups (broad SMARTS) is 1. The van der Waals surface area contributed by atoms with Crippen molar-refractivity contribution in [2.24, 2.45) is 0 Å². The Balaban J connectivity index is 0.00000121. The molecule has 0 unspecified atom stereocenters. The van der Waals surface area contributed by atoms with Crippen molar-refractivity contribution in [3.63, 3.8) is 0 Å². The molecule has 0 aliphatic carbocycles. The SMILES string of the molecule is O=C([O-])Oc1ccccc1Br.[Na+]. The van der Waals surface area contributed by atoms with Gasteiger partial charge in [0.1, 0.15) is 0 Å². The minimum atomic E-state index is -1.56. The van der Waals surface area contributed by atoms with Gasteiger partial charge in [0.15, 0.2) is 0 Å². The van der Waals surface area contributed by atoms with Crippen LogP contribution in [0.3, 0.4) is 0 Å². The molecule has 0 saturated carbocycles. The van der Waals surface area contributed by atoms with Crippen molar-refractivity contribution in [2.45, 2.75) is 0 Å². The van der Waals surface area contributed by atoms with Gasteiger partial charge in [0.05, 0.1) is 5.75 Å². The van der Waals surface area contributed by atoms with Gasteiger partial charge in [-0.2, -0.15) is 0 Å². The first-order valence-electron chi connectivity index (χ1n) is 2.83. The van der Waals surface area contributed by atoms with Gasteiger partial charge in [-0.1, -0.05) is 12.1 Å². The molecular weight excluding hydrogens is 235 g/mol. The third-order valence-corrected chi connectivity index (χ3v) is 1.69. The summed E-state index contributed by atoms with van der Waals surface area (Å²) >= 11 is 3.11. The second-order valence-electron chi connectivity index (χ2n) is 1.78. The molecule has 5 heteroatoms. The Morgan fingerprint density at radius 2 is 2.00 bits per heavy atom. The average Bonchev–Trinajstić information content (AvgIpc) is 1.93. The van der Waals surface area contributed by atoms with E-state index in [1.54, 1.807) is 18.2 Å². The Morgan fingerprint density at radius 1 is 1.42 bits per heavy atom. The fourth-order valence-electron chi connectivity index (χ4n) is 0.617. The van der Waals surface area contributed by atoms with Gasteiger partial charge in [-0.15, -0.1) is 0 Å². The quantitative estimate of drug-likeness (QED) is 0.329. The number of hydrogen-bond acceptors (Lipinski definition) is 3. The third kappa shape index (κ3) is 3.58. The van der Waals surface area contributed by atoms with Crippen molar-refractivity contribution >= 4 is 22.1 Å². The molecule has 1 aromatic rings. The second-order valence-corrected chi connectivity index (χ2v) is 2.64. The minimum Gasteiger partial charge on any atom is -0.513 e. The summed E-state index contributed by atoms with van der Waals surface area (Å²) < 4.78 is 4.89. The molecule has 0 aromatic heterocycles. The monoisotopic (exact) mass is 238 g/mol. The number of rotatable bonds is 1. The first-order chi connectivity index (χ1) is 5.20. The van der Waals surface area contributed by atoms with Crippen LogP contribution in [0.1, 0.15) is 0 Å². The maximum atomic E-state index is 9.97.